The summed E-state index contributed by atoms with van der Waals surface area (Å²) < 4.78 is 5.71. The Kier molecular flexibility index (Phi) is 4.13. The molecule has 1 aromatic heterocycles. The predicted molar refractivity (Wildman–Crippen MR) is 81.5 cm³/mol. The van der Waals surface area contributed by atoms with E-state index in [1.165, 1.54) is 0 Å². The number of piperidine rings is 1. The molecule has 3 rings (SSSR count). The van der Waals surface area contributed by atoms with Crippen molar-refractivity contribution in [3.63, 3.8) is 0 Å². The average Bonchev–Trinajstić information content (AvgIpc) is 2.95. The fourth-order valence-corrected chi connectivity index (χ4v) is 2.92. The van der Waals surface area contributed by atoms with Crippen LogP contribution in [0.1, 0.15) is 25.0 Å². The van der Waals surface area contributed by atoms with Crippen molar-refractivity contribution in [1.29, 1.82) is 0 Å². The van der Waals surface area contributed by atoms with E-state index in [2.05, 4.69) is 0 Å². The largest absolute Gasteiger partial charge is 0.481 e. The van der Waals surface area contributed by atoms with Crippen LogP contribution in [0.4, 0.5) is 0 Å². The third-order valence-electron chi connectivity index (χ3n) is 4.26. The zero-order valence-electron chi connectivity index (χ0n) is 12.3. The molecule has 0 unspecified atom stereocenters. The van der Waals surface area contributed by atoms with Gasteiger partial charge in [0.1, 0.15) is 11.3 Å². The highest BCUT2D eigenvalue weighted by Crippen LogP contribution is 2.21. The van der Waals surface area contributed by atoms with Crippen molar-refractivity contribution in [3.05, 3.63) is 36.1 Å². The number of carbonyl (C=O) groups is 2. The summed E-state index contributed by atoms with van der Waals surface area (Å²) in [5.41, 5.74) is 0.840. The molecule has 2 heterocycles. The normalized spacial score (nSPS) is 16.1. The minimum atomic E-state index is -0.755. The number of carbonyl (C=O) groups excluding carboxylic acids is 1. The number of para-hydroxylation sites is 1. The Morgan fingerprint density at radius 2 is 1.95 bits per heavy atom. The van der Waals surface area contributed by atoms with Crippen molar-refractivity contribution < 1.29 is 19.1 Å². The summed E-state index contributed by atoms with van der Waals surface area (Å²) in [6.07, 6.45) is 2.07. The predicted octanol–water partition coefficient (Wildman–Crippen LogP) is 2.69. The summed E-state index contributed by atoms with van der Waals surface area (Å²) in [5.74, 6) is -0.173. The van der Waals surface area contributed by atoms with Crippen LogP contribution in [0.3, 0.4) is 0 Å². The van der Waals surface area contributed by atoms with Gasteiger partial charge in [-0.05, 0) is 25.0 Å². The lowest BCUT2D eigenvalue weighted by atomic mass is 9.97. The SMILES string of the molecule is O=C(O)C1CCN(C(=O)CCc2cc3ccccc3o2)CC1. The number of benzene rings is 1. The zero-order valence-corrected chi connectivity index (χ0v) is 12.3. The number of carboxylic acids is 1. The molecule has 1 saturated heterocycles. The maximum Gasteiger partial charge on any atom is 0.306 e. The van der Waals surface area contributed by atoms with Gasteiger partial charge in [0, 0.05) is 31.3 Å². The van der Waals surface area contributed by atoms with Crippen molar-refractivity contribution in [2.45, 2.75) is 25.7 Å². The van der Waals surface area contributed by atoms with Gasteiger partial charge in [-0.3, -0.25) is 9.59 Å². The Balaban J connectivity index is 1.53. The first kappa shape index (κ1) is 14.6. The molecule has 1 aliphatic rings. The number of hydrogen-bond acceptors (Lipinski definition) is 3. The zero-order chi connectivity index (χ0) is 15.5. The summed E-state index contributed by atoms with van der Waals surface area (Å²) in [4.78, 5) is 24.9. The molecule has 0 atom stereocenters. The van der Waals surface area contributed by atoms with Crippen LogP contribution in [0.2, 0.25) is 0 Å². The number of furan rings is 1. The summed E-state index contributed by atoms with van der Waals surface area (Å²) in [6, 6.07) is 9.75. The Hall–Kier alpha value is -2.30. The molecule has 0 spiro atoms. The number of aliphatic carboxylic acids is 1. The van der Waals surface area contributed by atoms with Crippen LogP contribution in [0.15, 0.2) is 34.7 Å². The third-order valence-corrected chi connectivity index (χ3v) is 4.26. The second-order valence-corrected chi connectivity index (χ2v) is 5.74. The molecule has 0 radical (unpaired) electrons. The molecule has 0 aliphatic carbocycles. The van der Waals surface area contributed by atoms with Crippen molar-refractivity contribution in [2.24, 2.45) is 5.92 Å². The highest BCUT2D eigenvalue weighted by atomic mass is 16.4. The van der Waals surface area contributed by atoms with Gasteiger partial charge in [0.25, 0.3) is 0 Å². The second kappa shape index (κ2) is 6.22. The van der Waals surface area contributed by atoms with E-state index in [-0.39, 0.29) is 11.8 Å². The van der Waals surface area contributed by atoms with Crippen LogP contribution in [0.25, 0.3) is 11.0 Å². The van der Waals surface area contributed by atoms with Crippen LogP contribution in [-0.4, -0.2) is 35.0 Å². The van der Waals surface area contributed by atoms with E-state index in [0.29, 0.717) is 38.8 Å². The number of fused-ring (bicyclic) bond motifs is 1. The first-order valence-electron chi connectivity index (χ1n) is 7.61. The van der Waals surface area contributed by atoms with E-state index in [9.17, 15) is 9.59 Å². The summed E-state index contributed by atoms with van der Waals surface area (Å²) >= 11 is 0. The van der Waals surface area contributed by atoms with Crippen LogP contribution in [0.5, 0.6) is 0 Å². The molecule has 5 heteroatoms. The molecular formula is C17H19NO4. The Labute approximate surface area is 128 Å². The molecule has 1 fully saturated rings. The number of hydrogen-bond donors (Lipinski definition) is 1. The molecule has 1 amide bonds. The van der Waals surface area contributed by atoms with E-state index in [0.717, 1.165) is 16.7 Å². The molecule has 116 valence electrons. The number of amides is 1. The molecule has 1 aromatic carbocycles. The minimum absolute atomic E-state index is 0.0734. The Morgan fingerprint density at radius 1 is 1.23 bits per heavy atom. The highest BCUT2D eigenvalue weighted by molar-refractivity contribution is 5.79. The van der Waals surface area contributed by atoms with Gasteiger partial charge in [-0.15, -0.1) is 0 Å². The van der Waals surface area contributed by atoms with E-state index < -0.39 is 5.97 Å². The Morgan fingerprint density at radius 3 is 2.64 bits per heavy atom. The highest BCUT2D eigenvalue weighted by Gasteiger charge is 2.26. The lowest BCUT2D eigenvalue weighted by molar-refractivity contribution is -0.145. The molecule has 22 heavy (non-hydrogen) atoms. The summed E-state index contributed by atoms with van der Waals surface area (Å²) in [6.45, 7) is 1.08. The molecule has 5 nitrogen and oxygen atoms in total. The van der Waals surface area contributed by atoms with Crippen LogP contribution in [0, 0.1) is 5.92 Å². The number of rotatable bonds is 4. The molecule has 2 aromatic rings. The average molecular weight is 301 g/mol. The van der Waals surface area contributed by atoms with Gasteiger partial charge < -0.3 is 14.4 Å². The van der Waals surface area contributed by atoms with Gasteiger partial charge in [-0.25, -0.2) is 0 Å². The smallest absolute Gasteiger partial charge is 0.306 e. The third kappa shape index (κ3) is 3.13. The van der Waals surface area contributed by atoms with Crippen LogP contribution in [-0.2, 0) is 16.0 Å². The van der Waals surface area contributed by atoms with Gasteiger partial charge in [0.2, 0.25) is 5.91 Å². The topological polar surface area (TPSA) is 70.8 Å². The first-order valence-corrected chi connectivity index (χ1v) is 7.61. The molecule has 0 bridgehead atoms. The molecular weight excluding hydrogens is 282 g/mol. The second-order valence-electron chi connectivity index (χ2n) is 5.74. The molecule has 1 aliphatic heterocycles. The van der Waals surface area contributed by atoms with Gasteiger partial charge in [-0.1, -0.05) is 18.2 Å². The van der Waals surface area contributed by atoms with Gasteiger partial charge in [0.15, 0.2) is 0 Å². The van der Waals surface area contributed by atoms with E-state index >= 15 is 0 Å². The maximum absolute atomic E-state index is 12.2. The lowest BCUT2D eigenvalue weighted by Gasteiger charge is -2.30. The quantitative estimate of drug-likeness (QED) is 0.942. The number of nitrogens with zero attached hydrogens (tertiary/aromatic N) is 1. The number of likely N-dealkylation sites (tertiary alicyclic amines) is 1. The minimum Gasteiger partial charge on any atom is -0.481 e. The monoisotopic (exact) mass is 301 g/mol. The fraction of sp³-hybridized carbons (Fsp3) is 0.412. The molecule has 0 saturated carbocycles. The van der Waals surface area contributed by atoms with E-state index in [4.69, 9.17) is 9.52 Å². The molecule has 1 N–H and O–H groups in total. The first-order chi connectivity index (χ1) is 10.6. The van der Waals surface area contributed by atoms with Crippen molar-refractivity contribution in [3.8, 4) is 0 Å². The fourth-order valence-electron chi connectivity index (χ4n) is 2.92. The standard InChI is InChI=1S/C17H19NO4/c19-16(18-9-7-12(8-10-18)17(20)21)6-5-14-11-13-3-1-2-4-15(13)22-14/h1-4,11-12H,5-10H2,(H,20,21). The maximum atomic E-state index is 12.2. The number of carboxylic acid groups (broad SMARTS) is 1. The van der Waals surface area contributed by atoms with E-state index in [1.807, 2.05) is 30.3 Å². The summed E-state index contributed by atoms with van der Waals surface area (Å²) in [7, 11) is 0. The van der Waals surface area contributed by atoms with Gasteiger partial charge in [-0.2, -0.15) is 0 Å². The van der Waals surface area contributed by atoms with E-state index in [1.54, 1.807) is 4.90 Å². The van der Waals surface area contributed by atoms with Crippen molar-refractivity contribution >= 4 is 22.8 Å². The van der Waals surface area contributed by atoms with Crippen molar-refractivity contribution in [2.75, 3.05) is 13.1 Å². The van der Waals surface area contributed by atoms with Crippen molar-refractivity contribution in [1.82, 2.24) is 4.90 Å². The summed E-state index contributed by atoms with van der Waals surface area (Å²) in [5, 5.41) is 10.0. The van der Waals surface area contributed by atoms with Gasteiger partial charge >= 0.3 is 5.97 Å². The van der Waals surface area contributed by atoms with Crippen LogP contribution < -0.4 is 0 Å². The number of aryl methyl sites for hydroxylation is 1. The van der Waals surface area contributed by atoms with Crippen LogP contribution >= 0.6 is 0 Å². The Bertz CT molecular complexity index is 650. The lowest BCUT2D eigenvalue weighted by Crippen LogP contribution is -2.40. The van der Waals surface area contributed by atoms with Gasteiger partial charge in [0.05, 0.1) is 5.92 Å².